The minimum absolute atomic E-state index is 0.502. The Labute approximate surface area is 81.8 Å². The molecule has 4 heteroatoms. The van der Waals surface area contributed by atoms with Crippen molar-refractivity contribution in [2.75, 3.05) is 5.21 Å². The second-order valence-corrected chi connectivity index (χ2v) is 4.08. The van der Waals surface area contributed by atoms with Crippen molar-refractivity contribution in [1.82, 2.24) is 9.97 Å². The van der Waals surface area contributed by atoms with E-state index in [4.69, 9.17) is 11.6 Å². The summed E-state index contributed by atoms with van der Waals surface area (Å²) in [5.74, 6) is 0. The van der Waals surface area contributed by atoms with Gasteiger partial charge in [0.15, 0.2) is 5.16 Å². The SMILES string of the molecule is Cc1nc(SCCl)nc(C)c1C. The summed E-state index contributed by atoms with van der Waals surface area (Å²) >= 11 is 7.02. The molecular weight excluding hydrogens is 192 g/mol. The molecule has 0 N–H and O–H groups in total. The Kier molecular flexibility index (Phi) is 3.35. The first-order valence-corrected chi connectivity index (χ1v) is 5.17. The second kappa shape index (κ2) is 4.10. The molecule has 1 aromatic rings. The molecule has 0 amide bonds. The van der Waals surface area contributed by atoms with Crippen LogP contribution < -0.4 is 0 Å². The molecular formula is C8H11ClN2S. The summed E-state index contributed by atoms with van der Waals surface area (Å²) in [5.41, 5.74) is 3.24. The van der Waals surface area contributed by atoms with E-state index in [-0.39, 0.29) is 0 Å². The normalized spacial score (nSPS) is 10.3. The third-order valence-electron chi connectivity index (χ3n) is 1.80. The zero-order valence-electron chi connectivity index (χ0n) is 7.39. The van der Waals surface area contributed by atoms with Gasteiger partial charge in [0.05, 0.1) is 5.21 Å². The highest BCUT2D eigenvalue weighted by Crippen LogP contribution is 2.17. The first kappa shape index (κ1) is 9.81. The average Bonchev–Trinajstić information content (AvgIpc) is 2.01. The van der Waals surface area contributed by atoms with E-state index in [9.17, 15) is 0 Å². The van der Waals surface area contributed by atoms with Gasteiger partial charge >= 0.3 is 0 Å². The van der Waals surface area contributed by atoms with Crippen molar-refractivity contribution in [1.29, 1.82) is 0 Å². The van der Waals surface area contributed by atoms with Crippen molar-refractivity contribution in [2.45, 2.75) is 25.9 Å². The van der Waals surface area contributed by atoms with Crippen LogP contribution in [0.4, 0.5) is 0 Å². The van der Waals surface area contributed by atoms with E-state index in [0.29, 0.717) is 5.21 Å². The van der Waals surface area contributed by atoms with Crippen LogP contribution in [0.25, 0.3) is 0 Å². The van der Waals surface area contributed by atoms with Crippen molar-refractivity contribution in [3.8, 4) is 0 Å². The zero-order valence-corrected chi connectivity index (χ0v) is 8.96. The lowest BCUT2D eigenvalue weighted by molar-refractivity contribution is 0.882. The Morgan fingerprint density at radius 1 is 1.17 bits per heavy atom. The predicted octanol–water partition coefficient (Wildman–Crippen LogP) is 2.69. The molecule has 0 aliphatic carbocycles. The summed E-state index contributed by atoms with van der Waals surface area (Å²) < 4.78 is 0. The van der Waals surface area contributed by atoms with Crippen molar-refractivity contribution < 1.29 is 0 Å². The van der Waals surface area contributed by atoms with Crippen LogP contribution >= 0.6 is 23.4 Å². The summed E-state index contributed by atoms with van der Waals surface area (Å²) in [6, 6.07) is 0. The molecule has 0 aromatic carbocycles. The number of rotatable bonds is 2. The van der Waals surface area contributed by atoms with E-state index >= 15 is 0 Å². The maximum Gasteiger partial charge on any atom is 0.189 e. The molecule has 0 saturated carbocycles. The molecule has 1 rings (SSSR count). The van der Waals surface area contributed by atoms with Crippen LogP contribution in [0.1, 0.15) is 17.0 Å². The highest BCUT2D eigenvalue weighted by Gasteiger charge is 2.03. The van der Waals surface area contributed by atoms with Gasteiger partial charge in [-0.15, -0.1) is 11.6 Å². The van der Waals surface area contributed by atoms with Crippen molar-refractivity contribution >= 4 is 23.4 Å². The lowest BCUT2D eigenvalue weighted by atomic mass is 10.2. The quantitative estimate of drug-likeness (QED) is 0.419. The van der Waals surface area contributed by atoms with Gasteiger partial charge in [-0.2, -0.15) is 0 Å². The molecule has 2 nitrogen and oxygen atoms in total. The fourth-order valence-electron chi connectivity index (χ4n) is 0.855. The second-order valence-electron chi connectivity index (χ2n) is 2.56. The van der Waals surface area contributed by atoms with Crippen LogP contribution in [0.2, 0.25) is 0 Å². The average molecular weight is 203 g/mol. The van der Waals surface area contributed by atoms with Crippen LogP contribution in [0, 0.1) is 20.8 Å². The summed E-state index contributed by atoms with van der Waals surface area (Å²) in [4.78, 5) is 8.58. The Bertz CT molecular complexity index is 265. The molecule has 0 aliphatic rings. The molecule has 0 fully saturated rings. The number of hydrogen-bond acceptors (Lipinski definition) is 3. The van der Waals surface area contributed by atoms with Crippen LogP contribution in [0.15, 0.2) is 5.16 Å². The van der Waals surface area contributed by atoms with Gasteiger partial charge < -0.3 is 0 Å². The molecule has 66 valence electrons. The van der Waals surface area contributed by atoms with Gasteiger partial charge in [0.25, 0.3) is 0 Å². The number of hydrogen-bond donors (Lipinski definition) is 0. The number of halogens is 1. The van der Waals surface area contributed by atoms with E-state index in [2.05, 4.69) is 9.97 Å². The third-order valence-corrected chi connectivity index (χ3v) is 2.67. The van der Waals surface area contributed by atoms with Crippen LogP contribution in [0.5, 0.6) is 0 Å². The van der Waals surface area contributed by atoms with Gasteiger partial charge in [0.2, 0.25) is 0 Å². The molecule has 0 aliphatic heterocycles. The molecule has 0 bridgehead atoms. The molecule has 0 spiro atoms. The summed E-state index contributed by atoms with van der Waals surface area (Å²) in [6.45, 7) is 6.00. The van der Waals surface area contributed by atoms with E-state index in [1.807, 2.05) is 20.8 Å². The number of aromatic nitrogens is 2. The maximum absolute atomic E-state index is 5.56. The third kappa shape index (κ3) is 2.11. The molecule has 0 atom stereocenters. The maximum atomic E-state index is 5.56. The molecule has 1 aromatic heterocycles. The van der Waals surface area contributed by atoms with Crippen LogP contribution in [-0.4, -0.2) is 15.2 Å². The Hall–Kier alpha value is -0.280. The Morgan fingerprint density at radius 3 is 2.08 bits per heavy atom. The number of nitrogens with zero attached hydrogens (tertiary/aromatic N) is 2. The lowest BCUT2D eigenvalue weighted by Crippen LogP contribution is -1.97. The van der Waals surface area contributed by atoms with Crippen molar-refractivity contribution in [2.24, 2.45) is 0 Å². The van der Waals surface area contributed by atoms with Crippen LogP contribution in [-0.2, 0) is 0 Å². The number of alkyl halides is 1. The fraction of sp³-hybridized carbons (Fsp3) is 0.500. The monoisotopic (exact) mass is 202 g/mol. The highest BCUT2D eigenvalue weighted by molar-refractivity contribution is 8.00. The smallest absolute Gasteiger partial charge is 0.189 e. The number of thioether (sulfide) groups is 1. The predicted molar refractivity (Wildman–Crippen MR) is 52.8 cm³/mol. The largest absolute Gasteiger partial charge is 0.228 e. The van der Waals surface area contributed by atoms with Gasteiger partial charge in [-0.3, -0.25) is 0 Å². The van der Waals surface area contributed by atoms with E-state index in [1.165, 1.54) is 11.8 Å². The summed E-state index contributed by atoms with van der Waals surface area (Å²) in [7, 11) is 0. The number of aryl methyl sites for hydroxylation is 2. The van der Waals surface area contributed by atoms with Crippen molar-refractivity contribution in [3.63, 3.8) is 0 Å². The van der Waals surface area contributed by atoms with E-state index in [0.717, 1.165) is 22.1 Å². The first-order chi connectivity index (χ1) is 5.65. The Balaban J connectivity index is 3.04. The topological polar surface area (TPSA) is 25.8 Å². The van der Waals surface area contributed by atoms with Crippen molar-refractivity contribution in [3.05, 3.63) is 17.0 Å². The minimum Gasteiger partial charge on any atom is -0.228 e. The fourth-order valence-corrected chi connectivity index (χ4v) is 1.65. The first-order valence-electron chi connectivity index (χ1n) is 3.65. The molecule has 0 radical (unpaired) electrons. The van der Waals surface area contributed by atoms with E-state index in [1.54, 1.807) is 0 Å². The highest BCUT2D eigenvalue weighted by atomic mass is 35.5. The zero-order chi connectivity index (χ0) is 9.14. The van der Waals surface area contributed by atoms with Gasteiger partial charge in [0.1, 0.15) is 0 Å². The van der Waals surface area contributed by atoms with Gasteiger partial charge in [-0.05, 0) is 26.3 Å². The Morgan fingerprint density at radius 2 is 1.67 bits per heavy atom. The van der Waals surface area contributed by atoms with Gasteiger partial charge in [-0.1, -0.05) is 11.8 Å². The molecule has 0 saturated heterocycles. The summed E-state index contributed by atoms with van der Waals surface area (Å²) in [6.07, 6.45) is 0. The lowest BCUT2D eigenvalue weighted by Gasteiger charge is -2.04. The van der Waals surface area contributed by atoms with Gasteiger partial charge in [-0.25, -0.2) is 9.97 Å². The molecule has 1 heterocycles. The molecule has 12 heavy (non-hydrogen) atoms. The minimum atomic E-state index is 0.502. The molecule has 0 unspecified atom stereocenters. The standard InChI is InChI=1S/C8H11ClN2S/c1-5-6(2)10-8(12-4-9)11-7(5)3/h4H2,1-3H3. The van der Waals surface area contributed by atoms with E-state index < -0.39 is 0 Å². The van der Waals surface area contributed by atoms with Crippen LogP contribution in [0.3, 0.4) is 0 Å². The summed E-state index contributed by atoms with van der Waals surface area (Å²) in [5, 5.41) is 1.27. The van der Waals surface area contributed by atoms with Gasteiger partial charge in [0, 0.05) is 11.4 Å².